The highest BCUT2D eigenvalue weighted by atomic mass is 24.3. The zero-order chi connectivity index (χ0) is 21.3. The molecule has 38 heavy (non-hydrogen) atoms. The Labute approximate surface area is 259 Å². The second kappa shape index (κ2) is 40.2. The molecule has 0 atom stereocenters. The molecule has 0 saturated carbocycles. The minimum absolute atomic E-state index is 0. The molecule has 0 saturated heterocycles. The molecule has 6 radical (unpaired) electrons. The minimum Gasteiger partial charge on any atom is -0.481 e. The van der Waals surface area contributed by atoms with Gasteiger partial charge in [-0.1, -0.05) is 0 Å². The Hall–Kier alpha value is -1.32. The third-order valence-electron chi connectivity index (χ3n) is 2.57. The second-order valence-electron chi connectivity index (χ2n) is 4.96. The summed E-state index contributed by atoms with van der Waals surface area (Å²) < 4.78 is 0. The van der Waals surface area contributed by atoms with E-state index in [1.165, 1.54) is 0 Å². The van der Waals surface area contributed by atoms with E-state index in [4.69, 9.17) is 40.9 Å². The highest BCUT2D eigenvalue weighted by Gasteiger charge is 2.41. The molecule has 226 valence electrons. The molecule has 0 fully saturated rings. The molecule has 0 bridgehead atoms. The van der Waals surface area contributed by atoms with Crippen LogP contribution >= 0.6 is 0 Å². The highest BCUT2D eigenvalue weighted by molar-refractivity contribution is 5.88. The van der Waals surface area contributed by atoms with Crippen molar-refractivity contribution in [3.05, 3.63) is 0 Å². The average Bonchev–Trinajstić information content (AvgIpc) is 2.34. The molecule has 0 aliphatic rings. The lowest BCUT2D eigenvalue weighted by Gasteiger charge is -2.18. The quantitative estimate of drug-likeness (QED) is 0.105. The normalized spacial score (nSPS) is 7.42. The summed E-state index contributed by atoms with van der Waals surface area (Å²) in [5.41, 5.74) is -5.48. The van der Waals surface area contributed by atoms with Crippen LogP contribution in [0.15, 0.2) is 0 Å². The lowest BCUT2D eigenvalue weighted by Crippen LogP contribution is -2.42. The van der Waals surface area contributed by atoms with Gasteiger partial charge in [-0.05, 0) is 0 Å². The molecule has 0 aliphatic carbocycles. The Balaban J connectivity index is -0.0000000192. The van der Waals surface area contributed by atoms with Gasteiger partial charge >= 0.3 is 35.8 Å². The van der Waals surface area contributed by atoms with E-state index in [1.807, 2.05) is 0 Å². The van der Waals surface area contributed by atoms with Crippen LogP contribution in [-0.2, 0) is 28.8 Å². The molecule has 23 nitrogen and oxygen atoms in total. The fourth-order valence-corrected chi connectivity index (χ4v) is 1.43. The van der Waals surface area contributed by atoms with E-state index in [9.17, 15) is 28.8 Å². The van der Waals surface area contributed by atoms with Gasteiger partial charge in [0.2, 0.25) is 0 Å². The Morgan fingerprint density at radius 3 is 0.526 bits per heavy atom. The van der Waals surface area contributed by atoms with Crippen molar-refractivity contribution in [2.45, 2.75) is 36.9 Å². The summed E-state index contributed by atoms with van der Waals surface area (Å²) in [6.45, 7) is 0. The van der Waals surface area contributed by atoms with Crippen molar-refractivity contribution < 1.29 is 119 Å². The SMILES string of the molecule is O.O.O.O.O.O.O.O.O.O=C(O)CC(O)(CC(=O)O)C(=O)O.O=C(O)CC(O)(CC(=O)O)C(=O)O.[Mg].[Mg].[Mg]. The van der Waals surface area contributed by atoms with E-state index in [1.54, 1.807) is 0 Å². The fourth-order valence-electron chi connectivity index (χ4n) is 1.43. The summed E-state index contributed by atoms with van der Waals surface area (Å²) in [5, 5.41) is 67.6. The molecule has 0 unspecified atom stereocenters. The monoisotopic (exact) mass is 618 g/mol. The molecule has 0 rings (SSSR count). The summed E-state index contributed by atoms with van der Waals surface area (Å²) >= 11 is 0. The van der Waals surface area contributed by atoms with Gasteiger partial charge in [0.05, 0.1) is 25.7 Å². The van der Waals surface area contributed by atoms with Crippen LogP contribution < -0.4 is 0 Å². The molecule has 26 heteroatoms. The van der Waals surface area contributed by atoms with E-state index in [-0.39, 0.29) is 118 Å². The van der Waals surface area contributed by atoms with Crippen LogP contribution in [0.5, 0.6) is 0 Å². The predicted octanol–water partition coefficient (Wildman–Crippen LogP) is -11.1. The Kier molecular flexibility index (Phi) is 96.0. The van der Waals surface area contributed by atoms with E-state index >= 15 is 0 Å². The van der Waals surface area contributed by atoms with Crippen LogP contribution in [-0.4, -0.2) is 206 Å². The van der Waals surface area contributed by atoms with Crippen LogP contribution in [0.25, 0.3) is 0 Å². The molecule has 0 aromatic carbocycles. The summed E-state index contributed by atoms with van der Waals surface area (Å²) in [7, 11) is 0. The van der Waals surface area contributed by atoms with Gasteiger partial charge in [0, 0.05) is 69.2 Å². The van der Waals surface area contributed by atoms with Crippen molar-refractivity contribution in [3.63, 3.8) is 0 Å². The van der Waals surface area contributed by atoms with Gasteiger partial charge in [-0.3, -0.25) is 19.2 Å². The smallest absolute Gasteiger partial charge is 0.336 e. The van der Waals surface area contributed by atoms with Crippen LogP contribution in [0.2, 0.25) is 0 Å². The zero-order valence-corrected chi connectivity index (χ0v) is 23.7. The molecular formula is C12H34Mg3O23. The van der Waals surface area contributed by atoms with Gasteiger partial charge in [0.15, 0.2) is 11.2 Å². The predicted molar refractivity (Wildman–Crippen MR) is 124 cm³/mol. The van der Waals surface area contributed by atoms with Crippen molar-refractivity contribution in [2.75, 3.05) is 0 Å². The zero-order valence-electron chi connectivity index (χ0n) is 19.5. The van der Waals surface area contributed by atoms with Crippen molar-refractivity contribution in [2.24, 2.45) is 0 Å². The third-order valence-corrected chi connectivity index (χ3v) is 2.57. The number of hydrogen-bond acceptors (Lipinski definition) is 8. The molecule has 0 amide bonds. The number of carbonyl (C=O) groups is 6. The van der Waals surface area contributed by atoms with Crippen LogP contribution in [0.4, 0.5) is 0 Å². The highest BCUT2D eigenvalue weighted by Crippen LogP contribution is 2.16. The van der Waals surface area contributed by atoms with Crippen molar-refractivity contribution in [3.8, 4) is 0 Å². The van der Waals surface area contributed by atoms with Gasteiger partial charge in [-0.25, -0.2) is 9.59 Å². The molecule has 0 spiro atoms. The van der Waals surface area contributed by atoms with Crippen molar-refractivity contribution in [1.82, 2.24) is 0 Å². The molecular weight excluding hydrogens is 585 g/mol. The third kappa shape index (κ3) is 41.8. The summed E-state index contributed by atoms with van der Waals surface area (Å²) in [4.78, 5) is 61.0. The summed E-state index contributed by atoms with van der Waals surface area (Å²) in [6, 6.07) is 0. The van der Waals surface area contributed by atoms with Crippen LogP contribution in [0.3, 0.4) is 0 Å². The maximum atomic E-state index is 10.3. The van der Waals surface area contributed by atoms with Gasteiger partial charge in [-0.15, -0.1) is 0 Å². The van der Waals surface area contributed by atoms with Gasteiger partial charge < -0.3 is 90.1 Å². The Morgan fingerprint density at radius 2 is 0.474 bits per heavy atom. The second-order valence-corrected chi connectivity index (χ2v) is 4.96. The Morgan fingerprint density at radius 1 is 0.368 bits per heavy atom. The molecule has 0 aromatic heterocycles. The number of aliphatic hydroxyl groups is 2. The van der Waals surface area contributed by atoms with E-state index < -0.39 is 72.7 Å². The lowest BCUT2D eigenvalue weighted by molar-refractivity contribution is -0.170. The minimum atomic E-state index is -2.74. The van der Waals surface area contributed by atoms with Gasteiger partial charge in [0.1, 0.15) is 0 Å². The first kappa shape index (κ1) is 90.8. The number of carboxylic acid groups (broad SMARTS) is 6. The molecule has 0 heterocycles. The molecule has 0 aliphatic heterocycles. The summed E-state index contributed by atoms with van der Waals surface area (Å²) in [5.74, 6) is -10.0. The van der Waals surface area contributed by atoms with Crippen molar-refractivity contribution >= 4 is 105 Å². The van der Waals surface area contributed by atoms with Crippen molar-refractivity contribution in [1.29, 1.82) is 0 Å². The first-order valence-electron chi connectivity index (χ1n) is 6.34. The first-order valence-corrected chi connectivity index (χ1v) is 6.34. The Bertz CT molecular complexity index is 528. The van der Waals surface area contributed by atoms with Gasteiger partial charge in [-0.2, -0.15) is 0 Å². The van der Waals surface area contributed by atoms with E-state index in [0.717, 1.165) is 0 Å². The topological polar surface area (TPSA) is 548 Å². The molecule has 0 aromatic rings. The first-order chi connectivity index (χ1) is 11.6. The standard InChI is InChI=1S/2C6H8O7.3Mg.9H2O/c2*7-3(8)1-6(13,5(11)12)2-4(9)10;;;;;;;;;;;;/h2*13H,1-2H2,(H,7,8)(H,9,10)(H,11,12);;;;9*1H2. The molecule has 26 N–H and O–H groups in total. The maximum Gasteiger partial charge on any atom is 0.336 e. The maximum absolute atomic E-state index is 10.3. The number of aliphatic carboxylic acids is 6. The summed E-state index contributed by atoms with van der Waals surface area (Å²) in [6.07, 6.45) is -4.58. The van der Waals surface area contributed by atoms with E-state index in [0.29, 0.717) is 0 Å². The van der Waals surface area contributed by atoms with E-state index in [2.05, 4.69) is 0 Å². The lowest BCUT2D eigenvalue weighted by atomic mass is 9.96. The van der Waals surface area contributed by atoms with Crippen LogP contribution in [0, 0.1) is 0 Å². The fraction of sp³-hybridized carbons (Fsp3) is 0.500. The van der Waals surface area contributed by atoms with Gasteiger partial charge in [0.25, 0.3) is 0 Å². The number of carboxylic acids is 6. The van der Waals surface area contributed by atoms with Crippen LogP contribution in [0.1, 0.15) is 25.7 Å². The number of rotatable bonds is 10. The number of hydrogen-bond donors (Lipinski definition) is 8. The largest absolute Gasteiger partial charge is 0.481 e. The average molecular weight is 619 g/mol.